The van der Waals surface area contributed by atoms with E-state index >= 15 is 0 Å². The van der Waals surface area contributed by atoms with Crippen LogP contribution in [-0.2, 0) is 20.6 Å². The summed E-state index contributed by atoms with van der Waals surface area (Å²) >= 11 is 0. The summed E-state index contributed by atoms with van der Waals surface area (Å²) in [5, 5.41) is 3.00. The number of amides is 1. The van der Waals surface area contributed by atoms with E-state index in [1.807, 2.05) is 43.3 Å². The Hall–Kier alpha value is -3.32. The highest BCUT2D eigenvalue weighted by Gasteiger charge is 2.37. The standard InChI is InChI=1S/C26H28N2O4S/c1-18(2)21-13-9-10-19(3)25(21)27-26(29)24-16-28(22-14-7-8-15-23(22)32-24)33(30,31)17-20-11-5-4-6-12-20/h4-15,18,24H,16-17H2,1-3H3,(H,27,29)/t24-/m1/s1. The number of hydrogen-bond acceptors (Lipinski definition) is 4. The summed E-state index contributed by atoms with van der Waals surface area (Å²) in [6, 6.07) is 21.8. The molecule has 0 bridgehead atoms. The summed E-state index contributed by atoms with van der Waals surface area (Å²) in [6.07, 6.45) is -0.981. The molecule has 0 spiro atoms. The van der Waals surface area contributed by atoms with Gasteiger partial charge in [-0.2, -0.15) is 0 Å². The predicted octanol–water partition coefficient (Wildman–Crippen LogP) is 4.85. The monoisotopic (exact) mass is 464 g/mol. The number of carbonyl (C=O) groups is 1. The molecule has 7 heteroatoms. The molecule has 3 aromatic rings. The van der Waals surface area contributed by atoms with E-state index in [1.165, 1.54) is 4.31 Å². The fourth-order valence-electron chi connectivity index (χ4n) is 4.01. The minimum Gasteiger partial charge on any atom is -0.476 e. The molecule has 1 aliphatic heterocycles. The highest BCUT2D eigenvalue weighted by molar-refractivity contribution is 7.92. The minimum absolute atomic E-state index is 0.0963. The van der Waals surface area contributed by atoms with Crippen molar-refractivity contribution in [3.05, 3.63) is 89.5 Å². The van der Waals surface area contributed by atoms with Crippen LogP contribution in [0.15, 0.2) is 72.8 Å². The molecule has 1 atom stereocenters. The quantitative estimate of drug-likeness (QED) is 0.566. The van der Waals surface area contributed by atoms with E-state index in [-0.39, 0.29) is 24.1 Å². The fourth-order valence-corrected chi connectivity index (χ4v) is 5.59. The zero-order valence-corrected chi connectivity index (χ0v) is 19.8. The first-order valence-electron chi connectivity index (χ1n) is 11.0. The Morgan fingerprint density at radius 1 is 1.03 bits per heavy atom. The van der Waals surface area contributed by atoms with Gasteiger partial charge in [0, 0.05) is 5.69 Å². The second-order valence-corrected chi connectivity index (χ2v) is 10.4. The largest absolute Gasteiger partial charge is 0.476 e. The van der Waals surface area contributed by atoms with E-state index in [9.17, 15) is 13.2 Å². The van der Waals surface area contributed by atoms with E-state index in [0.717, 1.165) is 16.8 Å². The van der Waals surface area contributed by atoms with Crippen LogP contribution in [-0.4, -0.2) is 27.0 Å². The van der Waals surface area contributed by atoms with Gasteiger partial charge < -0.3 is 10.1 Å². The summed E-state index contributed by atoms with van der Waals surface area (Å²) < 4.78 is 34.0. The van der Waals surface area contributed by atoms with Crippen molar-refractivity contribution in [1.29, 1.82) is 0 Å². The Morgan fingerprint density at radius 2 is 1.73 bits per heavy atom. The maximum Gasteiger partial charge on any atom is 0.267 e. The second-order valence-electron chi connectivity index (χ2n) is 8.53. The van der Waals surface area contributed by atoms with Crippen LogP contribution < -0.4 is 14.4 Å². The molecule has 0 radical (unpaired) electrons. The number of fused-ring (bicyclic) bond motifs is 1. The van der Waals surface area contributed by atoms with Crippen molar-refractivity contribution in [3.63, 3.8) is 0 Å². The number of nitrogens with one attached hydrogen (secondary N) is 1. The molecule has 6 nitrogen and oxygen atoms in total. The number of aryl methyl sites for hydroxylation is 1. The molecular formula is C26H28N2O4S. The normalized spacial score (nSPS) is 15.6. The van der Waals surface area contributed by atoms with Crippen molar-refractivity contribution in [2.45, 2.75) is 38.5 Å². The molecule has 1 N–H and O–H groups in total. The SMILES string of the molecule is Cc1cccc(C(C)C)c1NC(=O)[C@H]1CN(S(=O)(=O)Cc2ccccc2)c2ccccc2O1. The molecule has 1 amide bonds. The Morgan fingerprint density at radius 3 is 2.45 bits per heavy atom. The van der Waals surface area contributed by atoms with Gasteiger partial charge in [-0.05, 0) is 41.7 Å². The lowest BCUT2D eigenvalue weighted by molar-refractivity contribution is -0.122. The number of nitrogens with zero attached hydrogens (tertiary/aromatic N) is 1. The lowest BCUT2D eigenvalue weighted by Crippen LogP contribution is -2.49. The number of ether oxygens (including phenoxy) is 1. The molecule has 0 saturated carbocycles. The summed E-state index contributed by atoms with van der Waals surface area (Å²) in [4.78, 5) is 13.3. The summed E-state index contributed by atoms with van der Waals surface area (Å²) in [5.41, 5.74) is 3.84. The summed E-state index contributed by atoms with van der Waals surface area (Å²) in [7, 11) is -3.75. The number of anilines is 2. The van der Waals surface area contributed by atoms with Crippen molar-refractivity contribution >= 4 is 27.3 Å². The third-order valence-electron chi connectivity index (χ3n) is 5.73. The molecule has 3 aromatic carbocycles. The van der Waals surface area contributed by atoms with Crippen LogP contribution in [0.3, 0.4) is 0 Å². The van der Waals surface area contributed by atoms with Gasteiger partial charge in [0.15, 0.2) is 6.10 Å². The molecule has 0 unspecified atom stereocenters. The van der Waals surface area contributed by atoms with Crippen LogP contribution in [0.1, 0.15) is 36.5 Å². The zero-order chi connectivity index (χ0) is 23.6. The number of rotatable bonds is 6. The number of sulfonamides is 1. The van der Waals surface area contributed by atoms with E-state index < -0.39 is 16.1 Å². The van der Waals surface area contributed by atoms with Gasteiger partial charge in [-0.3, -0.25) is 9.10 Å². The summed E-state index contributed by atoms with van der Waals surface area (Å²) in [6.45, 7) is 5.97. The maximum absolute atomic E-state index is 13.4. The van der Waals surface area contributed by atoms with Crippen LogP contribution >= 0.6 is 0 Å². The second kappa shape index (κ2) is 9.27. The van der Waals surface area contributed by atoms with Gasteiger partial charge in [-0.25, -0.2) is 8.42 Å². The van der Waals surface area contributed by atoms with E-state index in [1.54, 1.807) is 36.4 Å². The van der Waals surface area contributed by atoms with Gasteiger partial charge in [-0.1, -0.05) is 74.5 Å². The van der Waals surface area contributed by atoms with Crippen LogP contribution in [0.5, 0.6) is 5.75 Å². The van der Waals surface area contributed by atoms with E-state index in [4.69, 9.17) is 4.74 Å². The van der Waals surface area contributed by atoms with Crippen LogP contribution in [0.4, 0.5) is 11.4 Å². The molecule has 0 aliphatic carbocycles. The maximum atomic E-state index is 13.4. The van der Waals surface area contributed by atoms with E-state index in [2.05, 4.69) is 19.2 Å². The lowest BCUT2D eigenvalue weighted by atomic mass is 9.98. The number of para-hydroxylation sites is 3. The first kappa shape index (κ1) is 22.9. The van der Waals surface area contributed by atoms with E-state index in [0.29, 0.717) is 17.0 Å². The van der Waals surface area contributed by atoms with Crippen LogP contribution in [0.25, 0.3) is 0 Å². The topological polar surface area (TPSA) is 75.7 Å². The third kappa shape index (κ3) is 4.88. The fraction of sp³-hybridized carbons (Fsp3) is 0.269. The highest BCUT2D eigenvalue weighted by Crippen LogP contribution is 2.36. The van der Waals surface area contributed by atoms with Crippen LogP contribution in [0, 0.1) is 6.92 Å². The number of carbonyl (C=O) groups excluding carboxylic acids is 1. The lowest BCUT2D eigenvalue weighted by Gasteiger charge is -2.35. The first-order valence-corrected chi connectivity index (χ1v) is 12.6. The van der Waals surface area contributed by atoms with Crippen molar-refractivity contribution in [3.8, 4) is 5.75 Å². The van der Waals surface area contributed by atoms with Crippen molar-refractivity contribution < 1.29 is 17.9 Å². The zero-order valence-electron chi connectivity index (χ0n) is 19.0. The summed E-state index contributed by atoms with van der Waals surface area (Å²) in [5.74, 6) is 0.0529. The van der Waals surface area contributed by atoms with Gasteiger partial charge in [0.05, 0.1) is 18.0 Å². The third-order valence-corrected chi connectivity index (χ3v) is 7.45. The molecular weight excluding hydrogens is 436 g/mol. The minimum atomic E-state index is -3.75. The average Bonchev–Trinajstić information content (AvgIpc) is 2.79. The smallest absolute Gasteiger partial charge is 0.267 e. The molecule has 172 valence electrons. The van der Waals surface area contributed by atoms with Crippen molar-refractivity contribution in [1.82, 2.24) is 0 Å². The first-order chi connectivity index (χ1) is 15.8. The van der Waals surface area contributed by atoms with Gasteiger partial charge in [0.25, 0.3) is 5.91 Å². The Labute approximate surface area is 195 Å². The molecule has 33 heavy (non-hydrogen) atoms. The van der Waals surface area contributed by atoms with Crippen LogP contribution in [0.2, 0.25) is 0 Å². The van der Waals surface area contributed by atoms with Gasteiger partial charge >= 0.3 is 0 Å². The van der Waals surface area contributed by atoms with Gasteiger partial charge in [-0.15, -0.1) is 0 Å². The highest BCUT2D eigenvalue weighted by atomic mass is 32.2. The molecule has 4 rings (SSSR count). The number of hydrogen-bond donors (Lipinski definition) is 1. The molecule has 0 fully saturated rings. The van der Waals surface area contributed by atoms with Gasteiger partial charge in [0.1, 0.15) is 5.75 Å². The Balaban J connectivity index is 1.64. The number of benzene rings is 3. The predicted molar refractivity (Wildman–Crippen MR) is 131 cm³/mol. The van der Waals surface area contributed by atoms with Gasteiger partial charge in [0.2, 0.25) is 10.0 Å². The Kier molecular flexibility index (Phi) is 6.42. The molecule has 1 aliphatic rings. The van der Waals surface area contributed by atoms with Crippen molar-refractivity contribution in [2.75, 3.05) is 16.2 Å². The molecule has 0 aromatic heterocycles. The average molecular weight is 465 g/mol. The molecule has 0 saturated heterocycles. The Bertz CT molecular complexity index is 1260. The van der Waals surface area contributed by atoms with Crippen molar-refractivity contribution in [2.24, 2.45) is 0 Å². The molecule has 1 heterocycles.